The molecule has 0 radical (unpaired) electrons. The molecule has 1 fully saturated rings. The lowest BCUT2D eigenvalue weighted by molar-refractivity contribution is -0.139. The Morgan fingerprint density at radius 2 is 1.83 bits per heavy atom. The number of hydrogen-bond acceptors (Lipinski definition) is 8. The number of amides is 1. The quantitative estimate of drug-likeness (QED) is 0.222. The number of carbonyl (C=O) groups excluding carboxylic acids is 1. The molecule has 0 unspecified atom stereocenters. The number of methoxy groups -OCH3 is 1. The van der Waals surface area contributed by atoms with Gasteiger partial charge in [0.25, 0.3) is 0 Å². The van der Waals surface area contributed by atoms with Gasteiger partial charge in [0.2, 0.25) is 5.91 Å². The number of aromatic nitrogens is 4. The number of hydrogen-bond donors (Lipinski definition) is 1. The lowest BCUT2D eigenvalue weighted by Crippen LogP contribution is -2.45. The van der Waals surface area contributed by atoms with Crippen LogP contribution in [-0.2, 0) is 41.6 Å². The van der Waals surface area contributed by atoms with E-state index in [2.05, 4.69) is 26.8 Å². The summed E-state index contributed by atoms with van der Waals surface area (Å²) >= 11 is 0. The van der Waals surface area contributed by atoms with Gasteiger partial charge < -0.3 is 24.3 Å². The highest BCUT2D eigenvalue weighted by molar-refractivity contribution is 5.83. The Balaban J connectivity index is 1.17. The van der Waals surface area contributed by atoms with Gasteiger partial charge >= 0.3 is 6.18 Å². The summed E-state index contributed by atoms with van der Waals surface area (Å²) in [7, 11) is 1.66. The zero-order valence-electron chi connectivity index (χ0n) is 27.6. The smallest absolute Gasteiger partial charge is 0.418 e. The van der Waals surface area contributed by atoms with Crippen LogP contribution < -0.4 is 4.74 Å². The summed E-state index contributed by atoms with van der Waals surface area (Å²) in [4.78, 5) is 36.3. The fraction of sp³-hybridized carbons (Fsp3) is 0.486. The van der Waals surface area contributed by atoms with Crippen LogP contribution in [0.5, 0.6) is 11.5 Å². The van der Waals surface area contributed by atoms with E-state index in [1.165, 1.54) is 6.20 Å². The van der Waals surface area contributed by atoms with Crippen molar-refractivity contribution in [2.24, 2.45) is 0 Å². The summed E-state index contributed by atoms with van der Waals surface area (Å²) in [6.07, 6.45) is 1.51. The molecule has 6 heterocycles. The van der Waals surface area contributed by atoms with Gasteiger partial charge in [-0.05, 0) is 48.4 Å². The maximum Gasteiger partial charge on any atom is 0.418 e. The molecule has 13 heteroatoms. The minimum absolute atomic E-state index is 0.00231. The first-order valence-electron chi connectivity index (χ1n) is 16.5. The number of carbonyl (C=O) groups is 1. The molecule has 1 saturated heterocycles. The summed E-state index contributed by atoms with van der Waals surface area (Å²) in [6, 6.07) is 6.78. The Labute approximate surface area is 278 Å². The van der Waals surface area contributed by atoms with E-state index in [0.717, 1.165) is 54.5 Å². The van der Waals surface area contributed by atoms with E-state index in [4.69, 9.17) is 14.5 Å². The van der Waals surface area contributed by atoms with E-state index in [9.17, 15) is 18.0 Å². The number of H-pyrrole nitrogens is 1. The third-order valence-electron chi connectivity index (χ3n) is 9.33. The molecule has 256 valence electrons. The van der Waals surface area contributed by atoms with Gasteiger partial charge in [-0.3, -0.25) is 19.7 Å². The first-order chi connectivity index (χ1) is 23.1. The fourth-order valence-electron chi connectivity index (χ4n) is 6.57. The Morgan fingerprint density at radius 1 is 1.04 bits per heavy atom. The molecule has 6 rings (SSSR count). The van der Waals surface area contributed by atoms with Crippen LogP contribution in [0.2, 0.25) is 0 Å². The molecule has 1 amide bonds. The van der Waals surface area contributed by atoms with Crippen molar-refractivity contribution in [1.82, 2.24) is 34.6 Å². The topological polar surface area (TPSA) is 99.7 Å². The van der Waals surface area contributed by atoms with Crippen molar-refractivity contribution in [2.75, 3.05) is 53.0 Å². The second kappa shape index (κ2) is 14.6. The van der Waals surface area contributed by atoms with E-state index in [1.54, 1.807) is 30.5 Å². The summed E-state index contributed by atoms with van der Waals surface area (Å²) < 4.78 is 54.1. The van der Waals surface area contributed by atoms with Crippen LogP contribution in [0.3, 0.4) is 0 Å². The second-order valence-corrected chi connectivity index (χ2v) is 12.5. The van der Waals surface area contributed by atoms with E-state index < -0.39 is 11.7 Å². The number of rotatable bonds is 11. The van der Waals surface area contributed by atoms with Gasteiger partial charge in [-0.15, -0.1) is 0 Å². The highest BCUT2D eigenvalue weighted by Crippen LogP contribution is 2.36. The molecular formula is C35H42F3N7O3. The van der Waals surface area contributed by atoms with Crippen LogP contribution in [-0.4, -0.2) is 93.5 Å². The molecule has 0 aromatic carbocycles. The second-order valence-electron chi connectivity index (χ2n) is 12.5. The molecule has 0 saturated carbocycles. The standard InChI is InChI=1S/C35H42F3N7O3/c1-4-24-20-45(32(46)15-23-14-29(35(36,37)38)30(40-18-23)22-44-11-9-43(5-2)10-12-44)21-25-16-27(19-41-33(24)25)48-31-6-8-39-34-28(31)17-26(42-34)7-13-47-3/h6,8,14,16-19,24H,4-5,7,9-13,15,20-22H2,1-3H3,(H,39,42)/t24-/m1/s1. The predicted molar refractivity (Wildman–Crippen MR) is 175 cm³/mol. The number of alkyl halides is 3. The molecule has 4 aromatic rings. The number of ether oxygens (including phenoxy) is 2. The van der Waals surface area contributed by atoms with E-state index in [1.807, 2.05) is 24.0 Å². The highest BCUT2D eigenvalue weighted by atomic mass is 19.4. The van der Waals surface area contributed by atoms with Gasteiger partial charge in [0, 0.05) is 83.3 Å². The maximum absolute atomic E-state index is 14.2. The summed E-state index contributed by atoms with van der Waals surface area (Å²) in [5.74, 6) is 0.884. The summed E-state index contributed by atoms with van der Waals surface area (Å²) in [5.41, 5.74) is 2.92. The van der Waals surface area contributed by atoms with E-state index in [-0.39, 0.29) is 42.6 Å². The third kappa shape index (κ3) is 7.63. The Morgan fingerprint density at radius 3 is 2.56 bits per heavy atom. The number of pyridine rings is 3. The van der Waals surface area contributed by atoms with Crippen molar-refractivity contribution in [1.29, 1.82) is 0 Å². The van der Waals surface area contributed by atoms with Gasteiger partial charge in [0.05, 0.1) is 41.6 Å². The molecular weight excluding hydrogens is 623 g/mol. The number of aromatic amines is 1. The van der Waals surface area contributed by atoms with E-state index in [0.29, 0.717) is 49.8 Å². The van der Waals surface area contributed by atoms with Gasteiger partial charge in [-0.1, -0.05) is 13.8 Å². The van der Waals surface area contributed by atoms with E-state index >= 15 is 0 Å². The third-order valence-corrected chi connectivity index (χ3v) is 9.33. The number of halogens is 3. The molecule has 1 N–H and O–H groups in total. The Bertz CT molecular complexity index is 1740. The maximum atomic E-state index is 14.2. The molecule has 2 aliphatic heterocycles. The molecule has 0 aliphatic carbocycles. The largest absolute Gasteiger partial charge is 0.455 e. The number of nitrogens with one attached hydrogen (secondary N) is 1. The SMILES string of the molecule is CC[C@@H]1CN(C(=O)Cc2cnc(CN3CCN(CC)CC3)c(C(F)(F)F)c2)Cc2cc(Oc3ccnc4[nH]c(CCOC)cc34)cnc21. The first-order valence-corrected chi connectivity index (χ1v) is 16.5. The van der Waals surface area contributed by atoms with Crippen molar-refractivity contribution in [3.05, 3.63) is 76.6 Å². The monoisotopic (exact) mass is 665 g/mol. The van der Waals surface area contributed by atoms with Crippen LogP contribution in [0.4, 0.5) is 13.2 Å². The number of fused-ring (bicyclic) bond motifs is 2. The van der Waals surface area contributed by atoms with Crippen LogP contribution in [0.25, 0.3) is 11.0 Å². The Hall–Kier alpha value is -4.07. The first kappa shape index (κ1) is 33.8. The van der Waals surface area contributed by atoms with Gasteiger partial charge in [0.1, 0.15) is 17.1 Å². The highest BCUT2D eigenvalue weighted by Gasteiger charge is 2.36. The average molecular weight is 666 g/mol. The average Bonchev–Trinajstić information content (AvgIpc) is 3.51. The van der Waals surface area contributed by atoms with Crippen molar-refractivity contribution in [3.63, 3.8) is 0 Å². The van der Waals surface area contributed by atoms with Crippen molar-refractivity contribution >= 4 is 16.9 Å². The van der Waals surface area contributed by atoms with Gasteiger partial charge in [0.15, 0.2) is 0 Å². The normalized spacial score (nSPS) is 17.5. The van der Waals surface area contributed by atoms with Crippen LogP contribution in [0.15, 0.2) is 42.9 Å². The van der Waals surface area contributed by atoms with Gasteiger partial charge in [-0.25, -0.2) is 4.98 Å². The van der Waals surface area contributed by atoms with Crippen molar-refractivity contribution < 1.29 is 27.4 Å². The number of likely N-dealkylation sites (N-methyl/N-ethyl adjacent to an activating group) is 1. The zero-order chi connectivity index (χ0) is 33.8. The van der Waals surface area contributed by atoms with Crippen LogP contribution >= 0.6 is 0 Å². The molecule has 1 atom stereocenters. The molecule has 4 aromatic heterocycles. The molecule has 0 bridgehead atoms. The minimum atomic E-state index is -4.57. The van der Waals surface area contributed by atoms with Crippen LogP contribution in [0, 0.1) is 0 Å². The van der Waals surface area contributed by atoms with Crippen molar-refractivity contribution in [2.45, 2.75) is 58.3 Å². The molecule has 2 aliphatic rings. The number of piperazine rings is 1. The molecule has 48 heavy (non-hydrogen) atoms. The Kier molecular flexibility index (Phi) is 10.3. The summed E-state index contributed by atoms with van der Waals surface area (Å²) in [5, 5.41) is 0.835. The fourth-order valence-corrected chi connectivity index (χ4v) is 6.57. The lowest BCUT2D eigenvalue weighted by Gasteiger charge is -2.34. The zero-order valence-corrected chi connectivity index (χ0v) is 27.6. The van der Waals surface area contributed by atoms with Crippen molar-refractivity contribution in [3.8, 4) is 11.5 Å². The predicted octanol–water partition coefficient (Wildman–Crippen LogP) is 5.57. The summed E-state index contributed by atoms with van der Waals surface area (Å²) in [6.45, 7) is 9.50. The van der Waals surface area contributed by atoms with Gasteiger partial charge in [-0.2, -0.15) is 13.2 Å². The lowest BCUT2D eigenvalue weighted by atomic mass is 9.92. The molecule has 10 nitrogen and oxygen atoms in total. The minimum Gasteiger partial charge on any atom is -0.455 e. The van der Waals surface area contributed by atoms with Crippen LogP contribution in [0.1, 0.15) is 60.0 Å². The molecule has 0 spiro atoms. The number of nitrogens with zero attached hydrogens (tertiary/aromatic N) is 6.